The number of carbonyl (C=O) groups is 2. The van der Waals surface area contributed by atoms with Crippen molar-refractivity contribution < 1.29 is 23.8 Å². The van der Waals surface area contributed by atoms with Gasteiger partial charge >= 0.3 is 5.97 Å². The second-order valence-electron chi connectivity index (χ2n) is 10.3. The average molecular weight is 509 g/mol. The Bertz CT molecular complexity index is 1080. The zero-order chi connectivity index (χ0) is 26.8. The first kappa shape index (κ1) is 28.1. The molecule has 200 valence electrons. The van der Waals surface area contributed by atoms with E-state index in [4.69, 9.17) is 14.2 Å². The molecule has 0 aliphatic carbocycles. The van der Waals surface area contributed by atoms with Gasteiger partial charge in [0.2, 0.25) is 5.78 Å². The van der Waals surface area contributed by atoms with Crippen LogP contribution in [0.1, 0.15) is 64.0 Å². The van der Waals surface area contributed by atoms with Crippen LogP contribution in [0.25, 0.3) is 0 Å². The van der Waals surface area contributed by atoms with Gasteiger partial charge in [-0.15, -0.1) is 0 Å². The summed E-state index contributed by atoms with van der Waals surface area (Å²) in [5.74, 6) is 0.551. The first-order chi connectivity index (χ1) is 17.7. The number of Topliss-reactive ketones (excluding diaryl/α,β-unsaturated/α-hetero) is 1. The highest BCUT2D eigenvalue weighted by Gasteiger charge is 2.32. The van der Waals surface area contributed by atoms with E-state index in [2.05, 4.69) is 55.7 Å². The van der Waals surface area contributed by atoms with E-state index in [-0.39, 0.29) is 23.4 Å². The smallest absolute Gasteiger partial charge is 0.346 e. The summed E-state index contributed by atoms with van der Waals surface area (Å²) >= 11 is 0. The standard InChI is InChI=1S/C30H40N2O5/c1-30(2,3)22-14-12-21(13-15-22)11-9-7-6-8-10-18-31-28(27-25(33)20-37-29(27)34)32-24-17-16-23(35-4)19-26(24)36-5/h12-17,19,31-32H,6-11,18,20H2,1-5H3. The fraction of sp³-hybridized carbons (Fsp3) is 0.467. The molecule has 0 aromatic heterocycles. The molecule has 7 heteroatoms. The van der Waals surface area contributed by atoms with Crippen LogP contribution in [-0.2, 0) is 26.2 Å². The van der Waals surface area contributed by atoms with Crippen LogP contribution in [0.2, 0.25) is 0 Å². The van der Waals surface area contributed by atoms with Crippen molar-refractivity contribution in [3.63, 3.8) is 0 Å². The molecule has 0 unspecified atom stereocenters. The van der Waals surface area contributed by atoms with Crippen LogP contribution >= 0.6 is 0 Å². The molecule has 0 amide bonds. The number of hydrogen-bond acceptors (Lipinski definition) is 7. The molecule has 2 aromatic carbocycles. The molecule has 2 aromatic rings. The van der Waals surface area contributed by atoms with E-state index in [9.17, 15) is 9.59 Å². The molecule has 0 radical (unpaired) electrons. The number of rotatable bonds is 13. The molecule has 0 bridgehead atoms. The number of hydrogen-bond donors (Lipinski definition) is 2. The molecule has 37 heavy (non-hydrogen) atoms. The van der Waals surface area contributed by atoms with Crippen molar-refractivity contribution in [2.24, 2.45) is 0 Å². The minimum Gasteiger partial charge on any atom is -0.497 e. The van der Waals surface area contributed by atoms with Crippen LogP contribution in [0.4, 0.5) is 5.69 Å². The predicted molar refractivity (Wildman–Crippen MR) is 146 cm³/mol. The maximum atomic E-state index is 12.3. The molecule has 1 aliphatic rings. The lowest BCUT2D eigenvalue weighted by molar-refractivity contribution is -0.135. The summed E-state index contributed by atoms with van der Waals surface area (Å²) in [4.78, 5) is 24.6. The number of ketones is 1. The van der Waals surface area contributed by atoms with Gasteiger partial charge in [0.1, 0.15) is 22.9 Å². The number of benzene rings is 2. The third-order valence-corrected chi connectivity index (χ3v) is 6.50. The number of methoxy groups -OCH3 is 2. The van der Waals surface area contributed by atoms with E-state index in [1.165, 1.54) is 17.5 Å². The maximum absolute atomic E-state index is 12.3. The van der Waals surface area contributed by atoms with Gasteiger partial charge in [0.05, 0.1) is 19.9 Å². The minimum atomic E-state index is -0.622. The second-order valence-corrected chi connectivity index (χ2v) is 10.3. The topological polar surface area (TPSA) is 85.9 Å². The van der Waals surface area contributed by atoms with Gasteiger partial charge in [-0.2, -0.15) is 0 Å². The molecule has 1 fully saturated rings. The third-order valence-electron chi connectivity index (χ3n) is 6.50. The highest BCUT2D eigenvalue weighted by molar-refractivity contribution is 6.22. The summed E-state index contributed by atoms with van der Waals surface area (Å²) in [6.07, 6.45) is 6.54. The average Bonchev–Trinajstić information content (AvgIpc) is 3.22. The monoisotopic (exact) mass is 508 g/mol. The number of nitrogens with one attached hydrogen (secondary N) is 2. The maximum Gasteiger partial charge on any atom is 0.346 e. The van der Waals surface area contributed by atoms with Gasteiger partial charge in [-0.3, -0.25) is 4.79 Å². The quantitative estimate of drug-likeness (QED) is 0.159. The van der Waals surface area contributed by atoms with Crippen LogP contribution in [-0.4, -0.2) is 39.1 Å². The van der Waals surface area contributed by atoms with E-state index in [0.29, 0.717) is 29.6 Å². The van der Waals surface area contributed by atoms with Crippen LogP contribution in [0.15, 0.2) is 53.9 Å². The van der Waals surface area contributed by atoms with Gasteiger partial charge in [-0.25, -0.2) is 4.79 Å². The third kappa shape index (κ3) is 8.00. The lowest BCUT2D eigenvalue weighted by atomic mass is 9.86. The highest BCUT2D eigenvalue weighted by Crippen LogP contribution is 2.30. The SMILES string of the molecule is COc1ccc(NC(NCCCCCCCc2ccc(C(C)(C)C)cc2)=C2C(=O)COC2=O)c(OC)c1. The second kappa shape index (κ2) is 13.2. The van der Waals surface area contributed by atoms with Gasteiger partial charge in [0.15, 0.2) is 6.61 Å². The van der Waals surface area contributed by atoms with E-state index in [1.807, 2.05) is 0 Å². The van der Waals surface area contributed by atoms with Crippen molar-refractivity contribution in [3.8, 4) is 11.5 Å². The van der Waals surface area contributed by atoms with Crippen molar-refractivity contribution >= 4 is 17.4 Å². The first-order valence-corrected chi connectivity index (χ1v) is 13.0. The predicted octanol–water partition coefficient (Wildman–Crippen LogP) is 5.53. The number of ether oxygens (including phenoxy) is 3. The molecule has 0 atom stereocenters. The Balaban J connectivity index is 1.48. The van der Waals surface area contributed by atoms with E-state index in [0.717, 1.165) is 32.1 Å². The molecule has 7 nitrogen and oxygen atoms in total. The summed E-state index contributed by atoms with van der Waals surface area (Å²) in [6, 6.07) is 14.3. The summed E-state index contributed by atoms with van der Waals surface area (Å²) in [7, 11) is 3.13. The van der Waals surface area contributed by atoms with Crippen molar-refractivity contribution in [2.75, 3.05) is 32.7 Å². The Morgan fingerprint density at radius 1 is 0.919 bits per heavy atom. The number of unbranched alkanes of at least 4 members (excludes halogenated alkanes) is 4. The number of cyclic esters (lactones) is 1. The Hall–Kier alpha value is -3.48. The van der Waals surface area contributed by atoms with Crippen molar-refractivity contribution in [1.29, 1.82) is 0 Å². The Morgan fingerprint density at radius 3 is 2.24 bits per heavy atom. The molecule has 2 N–H and O–H groups in total. The Kier molecular flexibility index (Phi) is 10.0. The molecule has 3 rings (SSSR count). The van der Waals surface area contributed by atoms with Gasteiger partial charge < -0.3 is 24.8 Å². The lowest BCUT2D eigenvalue weighted by Gasteiger charge is -2.19. The van der Waals surface area contributed by atoms with Crippen LogP contribution in [0.3, 0.4) is 0 Å². The summed E-state index contributed by atoms with van der Waals surface area (Å²) in [5.41, 5.74) is 3.56. The molecule has 0 spiro atoms. The van der Waals surface area contributed by atoms with Gasteiger partial charge in [-0.1, -0.05) is 64.3 Å². The van der Waals surface area contributed by atoms with E-state index < -0.39 is 5.97 Å². The molecule has 1 saturated heterocycles. The van der Waals surface area contributed by atoms with Crippen molar-refractivity contribution in [3.05, 3.63) is 65.0 Å². The Morgan fingerprint density at radius 2 is 1.62 bits per heavy atom. The Labute approximate surface area is 220 Å². The summed E-state index contributed by atoms with van der Waals surface area (Å²) in [6.45, 7) is 7.09. The van der Waals surface area contributed by atoms with Gasteiger partial charge in [-0.05, 0) is 47.9 Å². The summed E-state index contributed by atoms with van der Waals surface area (Å²) in [5, 5.41) is 6.41. The molecule has 0 saturated carbocycles. The molecule has 1 aliphatic heterocycles. The fourth-order valence-electron chi connectivity index (χ4n) is 4.23. The van der Waals surface area contributed by atoms with Crippen LogP contribution in [0.5, 0.6) is 11.5 Å². The fourth-order valence-corrected chi connectivity index (χ4v) is 4.23. The number of esters is 1. The molecule has 1 heterocycles. The molecular formula is C30H40N2O5. The van der Waals surface area contributed by atoms with Crippen LogP contribution in [0, 0.1) is 0 Å². The van der Waals surface area contributed by atoms with E-state index in [1.54, 1.807) is 32.4 Å². The number of aryl methyl sites for hydroxylation is 1. The van der Waals surface area contributed by atoms with Crippen LogP contribution < -0.4 is 20.1 Å². The van der Waals surface area contributed by atoms with Gasteiger partial charge in [0, 0.05) is 12.6 Å². The summed E-state index contributed by atoms with van der Waals surface area (Å²) < 4.78 is 15.6. The number of carbonyl (C=O) groups excluding carboxylic acids is 2. The highest BCUT2D eigenvalue weighted by atomic mass is 16.5. The minimum absolute atomic E-state index is 0.00958. The number of anilines is 1. The van der Waals surface area contributed by atoms with Crippen molar-refractivity contribution in [2.45, 2.75) is 64.7 Å². The molecular weight excluding hydrogens is 468 g/mol. The zero-order valence-electron chi connectivity index (χ0n) is 22.7. The van der Waals surface area contributed by atoms with E-state index >= 15 is 0 Å². The lowest BCUT2D eigenvalue weighted by Crippen LogP contribution is -2.26. The normalized spacial score (nSPS) is 14.8. The zero-order valence-corrected chi connectivity index (χ0v) is 22.7. The van der Waals surface area contributed by atoms with Gasteiger partial charge in [0.25, 0.3) is 0 Å². The van der Waals surface area contributed by atoms with Crippen molar-refractivity contribution in [1.82, 2.24) is 5.32 Å². The first-order valence-electron chi connectivity index (χ1n) is 13.0. The largest absolute Gasteiger partial charge is 0.497 e.